The topological polar surface area (TPSA) is 41.1 Å². The quantitative estimate of drug-likeness (QED) is 0.879. The van der Waals surface area contributed by atoms with Crippen molar-refractivity contribution in [3.63, 3.8) is 0 Å². The summed E-state index contributed by atoms with van der Waals surface area (Å²) in [5.41, 5.74) is 1.72. The predicted molar refractivity (Wildman–Crippen MR) is 82.0 cm³/mol. The van der Waals surface area contributed by atoms with Gasteiger partial charge in [0.1, 0.15) is 5.82 Å². The minimum absolute atomic E-state index is 0.0891. The Morgan fingerprint density at radius 2 is 1.90 bits per heavy atom. The van der Waals surface area contributed by atoms with Crippen molar-refractivity contribution in [1.29, 1.82) is 0 Å². The van der Waals surface area contributed by atoms with E-state index < -0.39 is 0 Å². The zero-order valence-electron chi connectivity index (χ0n) is 11.7. The second-order valence-corrected chi connectivity index (χ2v) is 4.64. The summed E-state index contributed by atoms with van der Waals surface area (Å²) in [7, 11) is 0. The molecule has 1 atom stereocenters. The summed E-state index contributed by atoms with van der Waals surface area (Å²) in [5.74, 6) is -0.306. The van der Waals surface area contributed by atoms with E-state index >= 15 is 0 Å². The van der Waals surface area contributed by atoms with Crippen LogP contribution in [0.5, 0.6) is 0 Å². The highest BCUT2D eigenvalue weighted by molar-refractivity contribution is 5.76. The maximum atomic E-state index is 13.0. The Hall–Kier alpha value is -2.62. The van der Waals surface area contributed by atoms with Crippen molar-refractivity contribution in [2.45, 2.75) is 13.0 Å². The lowest BCUT2D eigenvalue weighted by Crippen LogP contribution is -2.34. The molecule has 2 N–H and O–H groups in total. The number of benzene rings is 2. The fraction of sp³-hybridized carbons (Fsp3) is 0.118. The van der Waals surface area contributed by atoms with Gasteiger partial charge in [0.15, 0.2) is 0 Å². The molecule has 2 rings (SSSR count). The van der Waals surface area contributed by atoms with Crippen LogP contribution in [-0.2, 0) is 0 Å². The molecule has 2 amide bonds. The third-order valence-electron chi connectivity index (χ3n) is 2.99. The highest BCUT2D eigenvalue weighted by atomic mass is 19.1. The van der Waals surface area contributed by atoms with Gasteiger partial charge in [-0.05, 0) is 36.3 Å². The van der Waals surface area contributed by atoms with Gasteiger partial charge in [0.05, 0.1) is 6.04 Å². The lowest BCUT2D eigenvalue weighted by atomic mass is 10.1. The van der Waals surface area contributed by atoms with Gasteiger partial charge in [-0.1, -0.05) is 42.5 Å². The first-order valence-corrected chi connectivity index (χ1v) is 6.69. The van der Waals surface area contributed by atoms with E-state index in [9.17, 15) is 9.18 Å². The Morgan fingerprint density at radius 1 is 1.14 bits per heavy atom. The Labute approximate surface area is 123 Å². The number of carbonyl (C=O) groups is 1. The van der Waals surface area contributed by atoms with Gasteiger partial charge in [-0.3, -0.25) is 0 Å². The van der Waals surface area contributed by atoms with Crippen LogP contribution in [0.25, 0.3) is 6.08 Å². The lowest BCUT2D eigenvalue weighted by Gasteiger charge is -2.13. The first kappa shape index (κ1) is 14.8. The van der Waals surface area contributed by atoms with Crippen molar-refractivity contribution in [2.24, 2.45) is 0 Å². The minimum Gasteiger partial charge on any atom is -0.331 e. The molecule has 21 heavy (non-hydrogen) atoms. The Morgan fingerprint density at radius 3 is 2.62 bits per heavy atom. The molecule has 0 bridgehead atoms. The average Bonchev–Trinajstić information content (AvgIpc) is 2.48. The number of hydrogen-bond donors (Lipinski definition) is 2. The summed E-state index contributed by atoms with van der Waals surface area (Å²) in [5, 5.41) is 5.42. The van der Waals surface area contributed by atoms with Crippen molar-refractivity contribution < 1.29 is 9.18 Å². The molecular formula is C17H17FN2O. The van der Waals surface area contributed by atoms with Crippen LogP contribution in [0.4, 0.5) is 9.18 Å². The van der Waals surface area contributed by atoms with Gasteiger partial charge in [0.25, 0.3) is 0 Å². The molecule has 0 aromatic heterocycles. The lowest BCUT2D eigenvalue weighted by molar-refractivity contribution is 0.241. The van der Waals surface area contributed by atoms with Crippen LogP contribution >= 0.6 is 0 Å². The molecule has 4 heteroatoms. The molecule has 108 valence electrons. The monoisotopic (exact) mass is 284 g/mol. The first-order chi connectivity index (χ1) is 10.1. The normalized spacial score (nSPS) is 12.1. The van der Waals surface area contributed by atoms with Crippen molar-refractivity contribution in [3.8, 4) is 0 Å². The minimum atomic E-state index is -0.306. The van der Waals surface area contributed by atoms with E-state index in [0.29, 0.717) is 5.56 Å². The molecule has 1 unspecified atom stereocenters. The molecule has 0 aliphatic carbocycles. The molecule has 0 fully saturated rings. The Kier molecular flexibility index (Phi) is 5.10. The number of amides is 2. The second kappa shape index (κ2) is 7.24. The highest BCUT2D eigenvalue weighted by Crippen LogP contribution is 2.10. The van der Waals surface area contributed by atoms with E-state index in [4.69, 9.17) is 0 Å². The van der Waals surface area contributed by atoms with Crippen molar-refractivity contribution in [2.75, 3.05) is 0 Å². The molecule has 0 aliphatic heterocycles. The number of rotatable bonds is 4. The molecule has 0 saturated heterocycles. The molecule has 2 aromatic carbocycles. The first-order valence-electron chi connectivity index (χ1n) is 6.69. The zero-order valence-corrected chi connectivity index (χ0v) is 11.7. The number of hydrogen-bond acceptors (Lipinski definition) is 1. The number of halogens is 1. The van der Waals surface area contributed by atoms with Crippen LogP contribution in [0.3, 0.4) is 0 Å². The Bertz CT molecular complexity index is 626. The van der Waals surface area contributed by atoms with Crippen molar-refractivity contribution in [3.05, 3.63) is 77.7 Å². The maximum absolute atomic E-state index is 13.0. The molecule has 0 saturated carbocycles. The van der Waals surface area contributed by atoms with Gasteiger partial charge < -0.3 is 10.6 Å². The van der Waals surface area contributed by atoms with E-state index in [0.717, 1.165) is 5.56 Å². The van der Waals surface area contributed by atoms with E-state index in [1.807, 2.05) is 37.3 Å². The Balaban J connectivity index is 1.85. The van der Waals surface area contributed by atoms with Gasteiger partial charge in [-0.15, -0.1) is 0 Å². The smallest absolute Gasteiger partial charge is 0.319 e. The summed E-state index contributed by atoms with van der Waals surface area (Å²) in [6, 6.07) is 15.4. The van der Waals surface area contributed by atoms with Gasteiger partial charge in [-0.25, -0.2) is 9.18 Å². The molecule has 0 heterocycles. The van der Waals surface area contributed by atoms with E-state index in [1.165, 1.54) is 18.3 Å². The summed E-state index contributed by atoms with van der Waals surface area (Å²) < 4.78 is 13.0. The SMILES string of the molecule is CC(NC(=O)N/C=C/c1cccc(F)c1)c1ccccc1. The van der Waals surface area contributed by atoms with Crippen LogP contribution in [-0.4, -0.2) is 6.03 Å². The third-order valence-corrected chi connectivity index (χ3v) is 2.99. The summed E-state index contributed by atoms with van der Waals surface area (Å²) in [4.78, 5) is 11.7. The number of carbonyl (C=O) groups excluding carboxylic acids is 1. The largest absolute Gasteiger partial charge is 0.331 e. The summed E-state index contributed by atoms with van der Waals surface area (Å²) >= 11 is 0. The number of urea groups is 1. The van der Waals surface area contributed by atoms with Gasteiger partial charge in [0.2, 0.25) is 0 Å². The predicted octanol–water partition coefficient (Wildman–Crippen LogP) is 3.86. The fourth-order valence-electron chi connectivity index (χ4n) is 1.89. The van der Waals surface area contributed by atoms with Crippen LogP contribution in [0.1, 0.15) is 24.1 Å². The third kappa shape index (κ3) is 4.76. The van der Waals surface area contributed by atoms with Crippen molar-refractivity contribution in [1.82, 2.24) is 10.6 Å². The summed E-state index contributed by atoms with van der Waals surface area (Å²) in [6.07, 6.45) is 3.12. The van der Waals surface area contributed by atoms with Crippen LogP contribution in [0.15, 0.2) is 60.8 Å². The average molecular weight is 284 g/mol. The number of nitrogens with one attached hydrogen (secondary N) is 2. The molecule has 2 aromatic rings. The molecule has 0 radical (unpaired) electrons. The van der Waals surface area contributed by atoms with E-state index in [-0.39, 0.29) is 17.9 Å². The van der Waals surface area contributed by atoms with Crippen molar-refractivity contribution >= 4 is 12.1 Å². The molecular weight excluding hydrogens is 267 g/mol. The van der Waals surface area contributed by atoms with Gasteiger partial charge in [-0.2, -0.15) is 0 Å². The van der Waals surface area contributed by atoms with Crippen LogP contribution in [0.2, 0.25) is 0 Å². The highest BCUT2D eigenvalue weighted by Gasteiger charge is 2.07. The van der Waals surface area contributed by atoms with Crippen LogP contribution < -0.4 is 10.6 Å². The maximum Gasteiger partial charge on any atom is 0.319 e. The fourth-order valence-corrected chi connectivity index (χ4v) is 1.89. The van der Waals surface area contributed by atoms with Gasteiger partial charge in [0, 0.05) is 6.20 Å². The van der Waals surface area contributed by atoms with Gasteiger partial charge >= 0.3 is 6.03 Å². The van der Waals surface area contributed by atoms with E-state index in [1.54, 1.807) is 18.2 Å². The summed E-state index contributed by atoms with van der Waals surface area (Å²) in [6.45, 7) is 1.91. The van der Waals surface area contributed by atoms with E-state index in [2.05, 4.69) is 10.6 Å². The molecule has 0 aliphatic rings. The molecule has 0 spiro atoms. The zero-order chi connectivity index (χ0) is 15.1. The molecule has 3 nitrogen and oxygen atoms in total. The van der Waals surface area contributed by atoms with Crippen LogP contribution in [0, 0.1) is 5.82 Å². The standard InChI is InChI=1S/C17H17FN2O/c1-13(15-7-3-2-4-8-15)20-17(21)19-11-10-14-6-5-9-16(18)12-14/h2-13H,1H3,(H2,19,20,21)/b11-10+. The second-order valence-electron chi connectivity index (χ2n) is 4.64.